The van der Waals surface area contributed by atoms with E-state index in [0.717, 1.165) is 0 Å². The lowest BCUT2D eigenvalue weighted by Crippen LogP contribution is -2.06. The van der Waals surface area contributed by atoms with Gasteiger partial charge >= 0.3 is 17.9 Å². The van der Waals surface area contributed by atoms with Crippen LogP contribution in [0.1, 0.15) is 36.6 Å². The molecule has 0 bridgehead atoms. The summed E-state index contributed by atoms with van der Waals surface area (Å²) >= 11 is 0. The first-order valence-electron chi connectivity index (χ1n) is 6.30. The number of ether oxygens (including phenoxy) is 1. The van der Waals surface area contributed by atoms with Crippen LogP contribution in [0.15, 0.2) is 48.5 Å². The van der Waals surface area contributed by atoms with E-state index >= 15 is 0 Å². The third-order valence-electron chi connectivity index (χ3n) is 2.94. The zero-order valence-corrected chi connectivity index (χ0v) is 11.4. The highest BCUT2D eigenvalue weighted by atomic mass is 16.5. The molecule has 6 heteroatoms. The molecule has 112 valence electrons. The third kappa shape index (κ3) is 3.69. The van der Waals surface area contributed by atoms with Crippen molar-refractivity contribution in [1.82, 2.24) is 0 Å². The topological polar surface area (TPSA) is 101 Å². The van der Waals surface area contributed by atoms with Gasteiger partial charge in [0.05, 0.1) is 16.7 Å². The quantitative estimate of drug-likeness (QED) is 0.822. The Labute approximate surface area is 125 Å². The average Bonchev–Trinajstić information content (AvgIpc) is 2.53. The van der Waals surface area contributed by atoms with E-state index in [1.807, 2.05) is 0 Å². The van der Waals surface area contributed by atoms with Gasteiger partial charge in [-0.15, -0.1) is 0 Å². The molecule has 0 saturated carbocycles. The standard InChI is InChI=1S/C16H12O6/c17-14(18)11-3-1-10(2-4-11)9-22-16(21)13-7-5-12(6-8-13)15(19)20/h1-8H,9H2,(H,17,18)(H,19,20). The molecule has 0 unspecified atom stereocenters. The second kappa shape index (κ2) is 6.53. The summed E-state index contributed by atoms with van der Waals surface area (Å²) in [6.07, 6.45) is 0. The van der Waals surface area contributed by atoms with Gasteiger partial charge in [-0.3, -0.25) is 0 Å². The minimum atomic E-state index is -1.07. The summed E-state index contributed by atoms with van der Waals surface area (Å²) in [5, 5.41) is 17.5. The molecule has 0 atom stereocenters. The normalized spacial score (nSPS) is 10.0. The van der Waals surface area contributed by atoms with E-state index in [9.17, 15) is 14.4 Å². The second-order valence-electron chi connectivity index (χ2n) is 4.46. The fraction of sp³-hybridized carbons (Fsp3) is 0.0625. The number of benzene rings is 2. The Kier molecular flexibility index (Phi) is 4.53. The van der Waals surface area contributed by atoms with Gasteiger partial charge in [-0.25, -0.2) is 14.4 Å². The van der Waals surface area contributed by atoms with Crippen molar-refractivity contribution in [2.24, 2.45) is 0 Å². The Balaban J connectivity index is 1.97. The summed E-state index contributed by atoms with van der Waals surface area (Å²) in [5.41, 5.74) is 1.13. The van der Waals surface area contributed by atoms with E-state index in [1.165, 1.54) is 36.4 Å². The number of carbonyl (C=O) groups excluding carboxylic acids is 1. The SMILES string of the molecule is O=C(O)c1ccc(COC(=O)c2ccc(C(=O)O)cc2)cc1. The van der Waals surface area contributed by atoms with Crippen LogP contribution in [-0.4, -0.2) is 28.1 Å². The lowest BCUT2D eigenvalue weighted by atomic mass is 10.1. The highest BCUT2D eigenvalue weighted by molar-refractivity contribution is 5.92. The van der Waals surface area contributed by atoms with Crippen molar-refractivity contribution in [3.05, 3.63) is 70.8 Å². The van der Waals surface area contributed by atoms with Crippen LogP contribution in [0.25, 0.3) is 0 Å². The number of hydrogen-bond acceptors (Lipinski definition) is 4. The monoisotopic (exact) mass is 300 g/mol. The van der Waals surface area contributed by atoms with Crippen molar-refractivity contribution in [3.63, 3.8) is 0 Å². The van der Waals surface area contributed by atoms with Gasteiger partial charge in [0, 0.05) is 0 Å². The predicted molar refractivity (Wildman–Crippen MR) is 75.9 cm³/mol. The maximum atomic E-state index is 11.8. The Hall–Kier alpha value is -3.15. The van der Waals surface area contributed by atoms with Gasteiger partial charge in [-0.2, -0.15) is 0 Å². The van der Waals surface area contributed by atoms with Crippen LogP contribution in [-0.2, 0) is 11.3 Å². The molecule has 0 aliphatic rings. The van der Waals surface area contributed by atoms with Gasteiger partial charge in [0.15, 0.2) is 0 Å². The van der Waals surface area contributed by atoms with Crippen molar-refractivity contribution < 1.29 is 29.3 Å². The number of hydrogen-bond donors (Lipinski definition) is 2. The summed E-state index contributed by atoms with van der Waals surface area (Å²) in [7, 11) is 0. The van der Waals surface area contributed by atoms with Crippen LogP contribution in [0.5, 0.6) is 0 Å². The minimum absolute atomic E-state index is 0.000581. The summed E-state index contributed by atoms with van der Waals surface area (Å²) in [6.45, 7) is -0.000581. The van der Waals surface area contributed by atoms with E-state index in [4.69, 9.17) is 14.9 Å². The minimum Gasteiger partial charge on any atom is -0.478 e. The molecule has 0 aliphatic heterocycles. The lowest BCUT2D eigenvalue weighted by Gasteiger charge is -2.05. The molecule has 2 aromatic carbocycles. The van der Waals surface area contributed by atoms with Gasteiger partial charge in [0.25, 0.3) is 0 Å². The van der Waals surface area contributed by atoms with Crippen molar-refractivity contribution in [2.45, 2.75) is 6.61 Å². The highest BCUT2D eigenvalue weighted by Gasteiger charge is 2.09. The molecule has 22 heavy (non-hydrogen) atoms. The smallest absolute Gasteiger partial charge is 0.338 e. The largest absolute Gasteiger partial charge is 0.478 e. The Morgan fingerprint density at radius 2 is 1.14 bits per heavy atom. The molecule has 0 aromatic heterocycles. The molecule has 2 N–H and O–H groups in total. The van der Waals surface area contributed by atoms with Gasteiger partial charge in [0.1, 0.15) is 6.61 Å². The molecule has 0 saturated heterocycles. The summed E-state index contributed by atoms with van der Waals surface area (Å²) < 4.78 is 5.08. The van der Waals surface area contributed by atoms with Crippen LogP contribution in [0, 0.1) is 0 Å². The zero-order valence-electron chi connectivity index (χ0n) is 11.4. The van der Waals surface area contributed by atoms with Crippen LogP contribution < -0.4 is 0 Å². The number of aromatic carboxylic acids is 2. The fourth-order valence-corrected chi connectivity index (χ4v) is 1.72. The van der Waals surface area contributed by atoms with Crippen LogP contribution in [0.2, 0.25) is 0 Å². The number of carbonyl (C=O) groups is 3. The molecular weight excluding hydrogens is 288 g/mol. The van der Waals surface area contributed by atoms with Gasteiger partial charge < -0.3 is 14.9 Å². The van der Waals surface area contributed by atoms with Crippen molar-refractivity contribution in [3.8, 4) is 0 Å². The van der Waals surface area contributed by atoms with Crippen molar-refractivity contribution >= 4 is 17.9 Å². The first-order valence-corrected chi connectivity index (χ1v) is 6.30. The lowest BCUT2D eigenvalue weighted by molar-refractivity contribution is 0.0471. The molecule has 0 fully saturated rings. The number of rotatable bonds is 5. The molecule has 6 nitrogen and oxygen atoms in total. The molecule has 0 heterocycles. The number of carboxylic acid groups (broad SMARTS) is 2. The fourth-order valence-electron chi connectivity index (χ4n) is 1.72. The maximum Gasteiger partial charge on any atom is 0.338 e. The third-order valence-corrected chi connectivity index (χ3v) is 2.94. The average molecular weight is 300 g/mol. The van der Waals surface area contributed by atoms with Gasteiger partial charge in [-0.05, 0) is 42.0 Å². The molecule has 0 amide bonds. The summed E-state index contributed by atoms with van der Waals surface area (Å²) in [4.78, 5) is 33.2. The van der Waals surface area contributed by atoms with E-state index in [0.29, 0.717) is 5.56 Å². The Bertz CT molecular complexity index is 700. The van der Waals surface area contributed by atoms with Crippen LogP contribution in [0.3, 0.4) is 0 Å². The predicted octanol–water partition coefficient (Wildman–Crippen LogP) is 2.44. The molecular formula is C16H12O6. The van der Waals surface area contributed by atoms with E-state index < -0.39 is 17.9 Å². The Morgan fingerprint density at radius 3 is 1.59 bits per heavy atom. The van der Waals surface area contributed by atoms with E-state index in [-0.39, 0.29) is 23.3 Å². The van der Waals surface area contributed by atoms with Gasteiger partial charge in [0.2, 0.25) is 0 Å². The van der Waals surface area contributed by atoms with Crippen LogP contribution >= 0.6 is 0 Å². The molecule has 0 radical (unpaired) electrons. The maximum absolute atomic E-state index is 11.8. The van der Waals surface area contributed by atoms with Crippen LogP contribution in [0.4, 0.5) is 0 Å². The summed E-state index contributed by atoms with van der Waals surface area (Å²) in [6, 6.07) is 11.4. The number of esters is 1. The summed E-state index contributed by atoms with van der Waals surface area (Å²) in [5.74, 6) is -2.68. The zero-order chi connectivity index (χ0) is 16.1. The molecule has 2 rings (SSSR count). The van der Waals surface area contributed by atoms with Gasteiger partial charge in [-0.1, -0.05) is 12.1 Å². The molecule has 2 aromatic rings. The number of carboxylic acids is 2. The highest BCUT2D eigenvalue weighted by Crippen LogP contribution is 2.10. The second-order valence-corrected chi connectivity index (χ2v) is 4.46. The van der Waals surface area contributed by atoms with E-state index in [1.54, 1.807) is 12.1 Å². The van der Waals surface area contributed by atoms with Crippen molar-refractivity contribution in [1.29, 1.82) is 0 Å². The van der Waals surface area contributed by atoms with Crippen molar-refractivity contribution in [2.75, 3.05) is 0 Å². The molecule has 0 spiro atoms. The van der Waals surface area contributed by atoms with E-state index in [2.05, 4.69) is 0 Å². The first kappa shape index (κ1) is 15.2. The Morgan fingerprint density at radius 1 is 0.727 bits per heavy atom. The molecule has 0 aliphatic carbocycles. The first-order chi connectivity index (χ1) is 10.5.